The lowest BCUT2D eigenvalue weighted by molar-refractivity contribution is 0.0854. The van der Waals surface area contributed by atoms with Crippen molar-refractivity contribution in [1.29, 1.82) is 0 Å². The van der Waals surface area contributed by atoms with E-state index in [-0.39, 0.29) is 5.54 Å². The summed E-state index contributed by atoms with van der Waals surface area (Å²) in [6.07, 6.45) is 4.95. The number of likely N-dealkylation sites (tertiary alicyclic amines) is 1. The highest BCUT2D eigenvalue weighted by Crippen LogP contribution is 2.41. The third-order valence-electron chi connectivity index (χ3n) is 4.67. The molecule has 20 heavy (non-hydrogen) atoms. The van der Waals surface area contributed by atoms with E-state index in [0.29, 0.717) is 6.04 Å². The molecule has 0 saturated carbocycles. The molecule has 0 aromatic carbocycles. The predicted octanol–water partition coefficient (Wildman–Crippen LogP) is 4.71. The predicted molar refractivity (Wildman–Crippen MR) is 89.9 cm³/mol. The molecule has 0 amide bonds. The second-order valence-corrected chi connectivity index (χ2v) is 7.28. The van der Waals surface area contributed by atoms with Gasteiger partial charge in [0.05, 0.1) is 11.1 Å². The molecule has 1 saturated heterocycles. The molecule has 1 aliphatic rings. The normalized spacial score (nSPS) is 21.0. The maximum Gasteiger partial charge on any atom is 0.0614 e. The van der Waals surface area contributed by atoms with Crippen LogP contribution in [0.15, 0.2) is 11.4 Å². The van der Waals surface area contributed by atoms with E-state index in [1.165, 1.54) is 30.8 Å². The molecule has 0 spiro atoms. The molecule has 114 valence electrons. The highest BCUT2D eigenvalue weighted by atomic mass is 35.5. The third kappa shape index (κ3) is 3.22. The zero-order valence-electron chi connectivity index (χ0n) is 12.9. The topological polar surface area (TPSA) is 15.3 Å². The minimum absolute atomic E-state index is 0.153. The minimum Gasteiger partial charge on any atom is -0.308 e. The lowest BCUT2D eigenvalue weighted by Gasteiger charge is -2.44. The standard InChI is InChI=1S/C16H27ClN2S/c1-4-9-18-15(14-13(17)8-12-20-14)16(3,5-2)19-10-6-7-11-19/h8,12,15,18H,4-7,9-11H2,1-3H3. The van der Waals surface area contributed by atoms with E-state index in [4.69, 9.17) is 11.6 Å². The van der Waals surface area contributed by atoms with Gasteiger partial charge in [-0.1, -0.05) is 25.4 Å². The Morgan fingerprint density at radius 2 is 2.10 bits per heavy atom. The molecule has 2 nitrogen and oxygen atoms in total. The molecule has 2 rings (SSSR count). The number of nitrogens with one attached hydrogen (secondary N) is 1. The molecule has 0 bridgehead atoms. The van der Waals surface area contributed by atoms with E-state index < -0.39 is 0 Å². The highest BCUT2D eigenvalue weighted by molar-refractivity contribution is 7.10. The van der Waals surface area contributed by atoms with Gasteiger partial charge < -0.3 is 5.32 Å². The first-order chi connectivity index (χ1) is 9.63. The van der Waals surface area contributed by atoms with E-state index in [1.807, 2.05) is 6.07 Å². The van der Waals surface area contributed by atoms with Gasteiger partial charge in [-0.15, -0.1) is 11.3 Å². The van der Waals surface area contributed by atoms with Crippen LogP contribution < -0.4 is 5.32 Å². The first-order valence-corrected chi connectivity index (χ1v) is 9.10. The van der Waals surface area contributed by atoms with E-state index in [9.17, 15) is 0 Å². The van der Waals surface area contributed by atoms with Crippen LogP contribution in [0.3, 0.4) is 0 Å². The van der Waals surface area contributed by atoms with Crippen molar-refractivity contribution in [2.24, 2.45) is 0 Å². The van der Waals surface area contributed by atoms with Gasteiger partial charge in [-0.05, 0) is 63.7 Å². The summed E-state index contributed by atoms with van der Waals surface area (Å²) in [5, 5.41) is 6.79. The number of rotatable bonds is 7. The molecule has 1 aromatic heterocycles. The summed E-state index contributed by atoms with van der Waals surface area (Å²) < 4.78 is 0. The van der Waals surface area contributed by atoms with Crippen molar-refractivity contribution in [2.75, 3.05) is 19.6 Å². The van der Waals surface area contributed by atoms with Gasteiger partial charge in [0.15, 0.2) is 0 Å². The van der Waals surface area contributed by atoms with Crippen LogP contribution in [0.25, 0.3) is 0 Å². The molecule has 1 fully saturated rings. The Morgan fingerprint density at radius 3 is 2.60 bits per heavy atom. The number of halogens is 1. The van der Waals surface area contributed by atoms with Crippen molar-refractivity contribution < 1.29 is 0 Å². The lowest BCUT2D eigenvalue weighted by atomic mass is 9.86. The van der Waals surface area contributed by atoms with Gasteiger partial charge in [-0.3, -0.25) is 4.90 Å². The summed E-state index contributed by atoms with van der Waals surface area (Å²) in [5.74, 6) is 0. The van der Waals surface area contributed by atoms with Crippen molar-refractivity contribution in [2.45, 2.75) is 58.0 Å². The summed E-state index contributed by atoms with van der Waals surface area (Å²) in [7, 11) is 0. The smallest absolute Gasteiger partial charge is 0.0614 e. The van der Waals surface area contributed by atoms with Crippen molar-refractivity contribution >= 4 is 22.9 Å². The van der Waals surface area contributed by atoms with Gasteiger partial charge in [0.1, 0.15) is 0 Å². The van der Waals surface area contributed by atoms with Crippen LogP contribution in [0.1, 0.15) is 57.4 Å². The third-order valence-corrected chi connectivity index (χ3v) is 6.09. The van der Waals surface area contributed by atoms with Gasteiger partial charge in [-0.2, -0.15) is 0 Å². The molecular weight excluding hydrogens is 288 g/mol. The molecule has 0 radical (unpaired) electrons. The largest absolute Gasteiger partial charge is 0.308 e. The maximum absolute atomic E-state index is 6.44. The van der Waals surface area contributed by atoms with Crippen LogP contribution >= 0.6 is 22.9 Å². The fourth-order valence-electron chi connectivity index (χ4n) is 3.23. The van der Waals surface area contributed by atoms with Crippen molar-refractivity contribution in [3.05, 3.63) is 21.3 Å². The molecule has 4 heteroatoms. The summed E-state index contributed by atoms with van der Waals surface area (Å²) in [4.78, 5) is 3.97. The highest BCUT2D eigenvalue weighted by Gasteiger charge is 2.41. The average molecular weight is 315 g/mol. The molecule has 1 aromatic rings. The van der Waals surface area contributed by atoms with E-state index in [0.717, 1.165) is 24.4 Å². The Bertz CT molecular complexity index is 414. The molecule has 1 aliphatic heterocycles. The SMILES string of the molecule is CCCNC(c1sccc1Cl)C(C)(CC)N1CCCC1. The maximum atomic E-state index is 6.44. The van der Waals surface area contributed by atoms with Crippen molar-refractivity contribution in [3.63, 3.8) is 0 Å². The van der Waals surface area contributed by atoms with Crippen molar-refractivity contribution in [3.8, 4) is 0 Å². The Hall–Kier alpha value is -0.0900. The zero-order chi connectivity index (χ0) is 14.6. The van der Waals surface area contributed by atoms with Crippen LogP contribution in [-0.4, -0.2) is 30.1 Å². The Morgan fingerprint density at radius 1 is 1.40 bits per heavy atom. The summed E-state index contributed by atoms with van der Waals surface area (Å²) >= 11 is 8.22. The van der Waals surface area contributed by atoms with Gasteiger partial charge in [0.2, 0.25) is 0 Å². The van der Waals surface area contributed by atoms with Gasteiger partial charge in [0.25, 0.3) is 0 Å². The quantitative estimate of drug-likeness (QED) is 0.784. The van der Waals surface area contributed by atoms with Gasteiger partial charge in [-0.25, -0.2) is 0 Å². The Balaban J connectivity index is 2.30. The minimum atomic E-state index is 0.153. The fourth-order valence-corrected chi connectivity index (χ4v) is 4.62. The average Bonchev–Trinajstić information content (AvgIpc) is 3.11. The van der Waals surface area contributed by atoms with Crippen LogP contribution in [0, 0.1) is 0 Å². The Labute approximate surface area is 132 Å². The molecule has 2 atom stereocenters. The molecular formula is C16H27ClN2S. The van der Waals surface area contributed by atoms with E-state index in [2.05, 4.69) is 36.4 Å². The van der Waals surface area contributed by atoms with E-state index >= 15 is 0 Å². The number of nitrogens with zero attached hydrogens (tertiary/aromatic N) is 1. The number of thiophene rings is 1. The summed E-state index contributed by atoms with van der Waals surface area (Å²) in [6, 6.07) is 2.36. The van der Waals surface area contributed by atoms with E-state index in [1.54, 1.807) is 11.3 Å². The van der Waals surface area contributed by atoms with Crippen LogP contribution in [0.5, 0.6) is 0 Å². The monoisotopic (exact) mass is 314 g/mol. The summed E-state index contributed by atoms with van der Waals surface area (Å²) in [6.45, 7) is 10.4. The second kappa shape index (κ2) is 7.26. The molecule has 1 N–H and O–H groups in total. The number of hydrogen-bond acceptors (Lipinski definition) is 3. The molecule has 2 unspecified atom stereocenters. The van der Waals surface area contributed by atoms with Crippen LogP contribution in [0.2, 0.25) is 5.02 Å². The number of hydrogen-bond donors (Lipinski definition) is 1. The molecule has 0 aliphatic carbocycles. The first-order valence-electron chi connectivity index (χ1n) is 7.84. The second-order valence-electron chi connectivity index (χ2n) is 5.92. The fraction of sp³-hybridized carbons (Fsp3) is 0.750. The van der Waals surface area contributed by atoms with Crippen LogP contribution in [-0.2, 0) is 0 Å². The van der Waals surface area contributed by atoms with Crippen LogP contribution in [0.4, 0.5) is 0 Å². The molecule has 2 heterocycles. The van der Waals surface area contributed by atoms with Gasteiger partial charge in [0, 0.05) is 10.4 Å². The zero-order valence-corrected chi connectivity index (χ0v) is 14.5. The summed E-state index contributed by atoms with van der Waals surface area (Å²) in [5.41, 5.74) is 0.153. The van der Waals surface area contributed by atoms with Crippen molar-refractivity contribution in [1.82, 2.24) is 10.2 Å². The first kappa shape index (κ1) is 16.3. The van der Waals surface area contributed by atoms with Gasteiger partial charge >= 0.3 is 0 Å². The lowest BCUT2D eigenvalue weighted by Crippen LogP contribution is -2.53. The Kier molecular flexibility index (Phi) is 5.91.